The predicted molar refractivity (Wildman–Crippen MR) is 127 cm³/mol. The van der Waals surface area contributed by atoms with Gasteiger partial charge >= 0.3 is 0 Å². The zero-order chi connectivity index (χ0) is 22.7. The highest BCUT2D eigenvalue weighted by atomic mass is 16.5. The van der Waals surface area contributed by atoms with Crippen LogP contribution in [-0.4, -0.2) is 48.9 Å². The van der Waals surface area contributed by atoms with E-state index in [9.17, 15) is 4.79 Å². The van der Waals surface area contributed by atoms with Gasteiger partial charge in [0.1, 0.15) is 0 Å². The van der Waals surface area contributed by atoms with E-state index in [2.05, 4.69) is 20.5 Å². The Morgan fingerprint density at radius 2 is 2.06 bits per heavy atom. The van der Waals surface area contributed by atoms with Crippen molar-refractivity contribution >= 4 is 17.4 Å². The van der Waals surface area contributed by atoms with E-state index in [-0.39, 0.29) is 12.1 Å². The molecular weight excluding hydrogens is 402 g/mol. The molecule has 1 aromatic heterocycles. The first-order valence-corrected chi connectivity index (χ1v) is 10.6. The van der Waals surface area contributed by atoms with Gasteiger partial charge in [0.2, 0.25) is 0 Å². The fraction of sp³-hybridized carbons (Fsp3) is 0.280. The van der Waals surface area contributed by atoms with Crippen LogP contribution < -0.4 is 15.4 Å². The molecule has 1 aliphatic heterocycles. The molecule has 7 heteroatoms. The second kappa shape index (κ2) is 9.28. The maximum absolute atomic E-state index is 12.9. The molecule has 1 amide bonds. The second-order valence-corrected chi connectivity index (χ2v) is 8.40. The Kier molecular flexibility index (Phi) is 6.28. The van der Waals surface area contributed by atoms with Crippen molar-refractivity contribution in [2.75, 3.05) is 38.8 Å². The standard InChI is InChI=1S/C25H29N5O2/c1-29(2)16-20-12-13-22-23(26-20)28-25(32-22)18-9-7-10-19(14-18)27-24(31)17-8-5-6-11-21(15-17)30(3)4/h5-7,9-15,25H,8,16H2,1-4H3,(H,26,28)(H,27,31). The lowest BCUT2D eigenvalue weighted by Crippen LogP contribution is -2.17. The zero-order valence-corrected chi connectivity index (χ0v) is 18.9. The molecule has 0 bridgehead atoms. The average molecular weight is 432 g/mol. The van der Waals surface area contributed by atoms with Gasteiger partial charge in [0.05, 0.1) is 5.69 Å². The SMILES string of the molecule is CN(C)Cc1ccc2c(n1)NC(c1cccc(NC(=O)C3=CC(N(C)C)=CC=CC3)c1)O2. The molecule has 2 N–H and O–H groups in total. The number of amides is 1. The first-order valence-electron chi connectivity index (χ1n) is 10.6. The number of pyridine rings is 1. The van der Waals surface area contributed by atoms with Crippen LogP contribution in [0.4, 0.5) is 11.5 Å². The van der Waals surface area contributed by atoms with Crippen molar-refractivity contribution in [1.29, 1.82) is 0 Å². The number of hydrogen-bond acceptors (Lipinski definition) is 6. The molecule has 1 unspecified atom stereocenters. The highest BCUT2D eigenvalue weighted by molar-refractivity contribution is 6.04. The lowest BCUT2D eigenvalue weighted by Gasteiger charge is -2.15. The number of anilines is 2. The molecule has 1 atom stereocenters. The van der Waals surface area contributed by atoms with Gasteiger partial charge in [-0.25, -0.2) is 4.98 Å². The number of nitrogens with one attached hydrogen (secondary N) is 2. The van der Waals surface area contributed by atoms with E-state index in [1.54, 1.807) is 0 Å². The summed E-state index contributed by atoms with van der Waals surface area (Å²) in [6.07, 6.45) is 8.12. The first kappa shape index (κ1) is 21.6. The van der Waals surface area contributed by atoms with Gasteiger partial charge in [-0.15, -0.1) is 0 Å². The van der Waals surface area contributed by atoms with Crippen LogP contribution in [0, 0.1) is 0 Å². The molecule has 4 rings (SSSR count). The monoisotopic (exact) mass is 431 g/mol. The van der Waals surface area contributed by atoms with Crippen molar-refractivity contribution in [3.05, 3.63) is 83.2 Å². The Labute approximate surface area is 189 Å². The number of likely N-dealkylation sites (N-methyl/N-ethyl adjacent to an activating group) is 1. The van der Waals surface area contributed by atoms with Crippen molar-refractivity contribution < 1.29 is 9.53 Å². The number of hydrogen-bond donors (Lipinski definition) is 2. The van der Waals surface area contributed by atoms with Crippen molar-refractivity contribution in [2.24, 2.45) is 0 Å². The van der Waals surface area contributed by atoms with Crippen molar-refractivity contribution in [3.63, 3.8) is 0 Å². The van der Waals surface area contributed by atoms with Gasteiger partial charge < -0.3 is 25.2 Å². The fourth-order valence-electron chi connectivity index (χ4n) is 3.60. The Morgan fingerprint density at radius 3 is 2.84 bits per heavy atom. The normalized spacial score (nSPS) is 17.0. The summed E-state index contributed by atoms with van der Waals surface area (Å²) in [6.45, 7) is 0.761. The molecule has 0 spiro atoms. The van der Waals surface area contributed by atoms with E-state index >= 15 is 0 Å². The topological polar surface area (TPSA) is 69.7 Å². The minimum atomic E-state index is -0.354. The quantitative estimate of drug-likeness (QED) is 0.723. The van der Waals surface area contributed by atoms with Crippen molar-refractivity contribution in [2.45, 2.75) is 19.2 Å². The maximum Gasteiger partial charge on any atom is 0.251 e. The van der Waals surface area contributed by atoms with Gasteiger partial charge in [0, 0.05) is 43.2 Å². The summed E-state index contributed by atoms with van der Waals surface area (Å²) in [4.78, 5) is 21.6. The zero-order valence-electron chi connectivity index (χ0n) is 18.9. The van der Waals surface area contributed by atoms with Crippen LogP contribution in [-0.2, 0) is 11.3 Å². The molecule has 2 aromatic rings. The predicted octanol–water partition coefficient (Wildman–Crippen LogP) is 3.92. The number of ether oxygens (including phenoxy) is 1. The molecule has 7 nitrogen and oxygen atoms in total. The lowest BCUT2D eigenvalue weighted by molar-refractivity contribution is -0.112. The van der Waals surface area contributed by atoms with Gasteiger partial charge in [0.25, 0.3) is 5.91 Å². The number of fused-ring (bicyclic) bond motifs is 1. The van der Waals surface area contributed by atoms with Crippen LogP contribution in [0.5, 0.6) is 5.75 Å². The highest BCUT2D eigenvalue weighted by Crippen LogP contribution is 2.37. The van der Waals surface area contributed by atoms with Gasteiger partial charge in [-0.05, 0) is 56.9 Å². The van der Waals surface area contributed by atoms with Crippen LogP contribution in [0.15, 0.2) is 72.0 Å². The van der Waals surface area contributed by atoms with Crippen molar-refractivity contribution in [1.82, 2.24) is 14.8 Å². The molecule has 2 heterocycles. The third-order valence-electron chi connectivity index (χ3n) is 5.22. The summed E-state index contributed by atoms with van der Waals surface area (Å²) in [5, 5.41) is 6.36. The molecule has 0 saturated heterocycles. The number of benzene rings is 1. The minimum absolute atomic E-state index is 0.111. The Hall–Kier alpha value is -3.58. The van der Waals surface area contributed by atoms with Gasteiger partial charge in [-0.3, -0.25) is 4.79 Å². The summed E-state index contributed by atoms with van der Waals surface area (Å²) in [7, 11) is 7.96. The number of nitrogens with zero attached hydrogens (tertiary/aromatic N) is 3. The van der Waals surface area contributed by atoms with E-state index in [0.717, 1.165) is 40.8 Å². The molecular formula is C25H29N5O2. The Balaban J connectivity index is 1.46. The third-order valence-corrected chi connectivity index (χ3v) is 5.22. The van der Waals surface area contributed by atoms with Crippen LogP contribution in [0.2, 0.25) is 0 Å². The summed E-state index contributed by atoms with van der Waals surface area (Å²) in [6, 6.07) is 11.6. The van der Waals surface area contributed by atoms with Crippen LogP contribution >= 0.6 is 0 Å². The summed E-state index contributed by atoms with van der Waals surface area (Å²) in [5.74, 6) is 1.35. The molecule has 1 aromatic carbocycles. The third kappa shape index (κ3) is 5.00. The van der Waals surface area contributed by atoms with Gasteiger partial charge in [0.15, 0.2) is 17.8 Å². The highest BCUT2D eigenvalue weighted by Gasteiger charge is 2.25. The number of aromatic nitrogens is 1. The largest absolute Gasteiger partial charge is 0.463 e. The molecule has 0 fully saturated rings. The van der Waals surface area contributed by atoms with E-state index in [1.165, 1.54) is 0 Å². The Morgan fingerprint density at radius 1 is 1.22 bits per heavy atom. The molecule has 0 radical (unpaired) electrons. The Bertz CT molecular complexity index is 1100. The van der Waals surface area contributed by atoms with Crippen LogP contribution in [0.3, 0.4) is 0 Å². The minimum Gasteiger partial charge on any atom is -0.463 e. The maximum atomic E-state index is 12.9. The smallest absolute Gasteiger partial charge is 0.251 e. The summed E-state index contributed by atoms with van der Waals surface area (Å²) < 4.78 is 6.05. The van der Waals surface area contributed by atoms with E-state index in [1.807, 2.05) is 93.8 Å². The van der Waals surface area contributed by atoms with Gasteiger partial charge in [-0.2, -0.15) is 0 Å². The molecule has 166 valence electrons. The number of carbonyl (C=O) groups excluding carboxylic acids is 1. The summed E-state index contributed by atoms with van der Waals surface area (Å²) >= 11 is 0. The molecule has 32 heavy (non-hydrogen) atoms. The lowest BCUT2D eigenvalue weighted by atomic mass is 10.1. The molecule has 1 aliphatic carbocycles. The first-order chi connectivity index (χ1) is 15.4. The molecule has 2 aliphatic rings. The van der Waals surface area contributed by atoms with E-state index in [0.29, 0.717) is 12.0 Å². The number of allylic oxidation sites excluding steroid dienone is 4. The average Bonchev–Trinajstić information content (AvgIpc) is 3.00. The fourth-order valence-corrected chi connectivity index (χ4v) is 3.60. The van der Waals surface area contributed by atoms with Crippen LogP contribution in [0.25, 0.3) is 0 Å². The summed E-state index contributed by atoms with van der Waals surface area (Å²) in [5.41, 5.74) is 4.31. The number of rotatable bonds is 6. The van der Waals surface area contributed by atoms with Crippen molar-refractivity contribution in [3.8, 4) is 5.75 Å². The van der Waals surface area contributed by atoms with E-state index in [4.69, 9.17) is 4.74 Å². The van der Waals surface area contributed by atoms with Crippen LogP contribution in [0.1, 0.15) is 23.9 Å². The van der Waals surface area contributed by atoms with Gasteiger partial charge in [-0.1, -0.05) is 24.3 Å². The number of carbonyl (C=O) groups is 1. The van der Waals surface area contributed by atoms with E-state index < -0.39 is 0 Å². The molecule has 0 saturated carbocycles. The second-order valence-electron chi connectivity index (χ2n) is 8.40.